The van der Waals surface area contributed by atoms with Crippen molar-refractivity contribution in [1.82, 2.24) is 4.90 Å². The van der Waals surface area contributed by atoms with Crippen LogP contribution in [0.5, 0.6) is 11.5 Å². The van der Waals surface area contributed by atoms with Crippen molar-refractivity contribution in [3.8, 4) is 11.5 Å². The number of hydrogen-bond donors (Lipinski definition) is 1. The van der Waals surface area contributed by atoms with Crippen LogP contribution in [0.2, 0.25) is 0 Å². The number of carbonyl (C=O) groups is 2. The monoisotopic (exact) mass is 432 g/mol. The van der Waals surface area contributed by atoms with E-state index in [0.29, 0.717) is 36.2 Å². The molecule has 1 aromatic heterocycles. The predicted octanol–water partition coefficient (Wildman–Crippen LogP) is 4.12. The van der Waals surface area contributed by atoms with Crippen molar-refractivity contribution in [2.24, 2.45) is 0 Å². The van der Waals surface area contributed by atoms with Crippen LogP contribution in [0.15, 0.2) is 77.4 Å². The third-order valence-corrected chi connectivity index (χ3v) is 4.82. The van der Waals surface area contributed by atoms with Gasteiger partial charge in [-0.3, -0.25) is 9.59 Å². The Morgan fingerprint density at radius 2 is 1.78 bits per heavy atom. The lowest BCUT2D eigenvalue weighted by Gasteiger charge is -2.19. The lowest BCUT2D eigenvalue weighted by atomic mass is 10.2. The summed E-state index contributed by atoms with van der Waals surface area (Å²) in [6.45, 7) is 1.28. The molecule has 0 radical (unpaired) electrons. The Balaban J connectivity index is 1.45. The molecule has 4 rings (SSSR count). The Hall–Kier alpha value is -4.00. The van der Waals surface area contributed by atoms with Crippen LogP contribution in [0.25, 0.3) is 6.08 Å². The van der Waals surface area contributed by atoms with Crippen LogP contribution in [-0.4, -0.2) is 36.5 Å². The minimum absolute atomic E-state index is 0.111. The van der Waals surface area contributed by atoms with E-state index in [1.165, 1.54) is 17.2 Å². The van der Waals surface area contributed by atoms with E-state index < -0.39 is 0 Å². The molecule has 2 aromatic carbocycles. The van der Waals surface area contributed by atoms with E-state index in [-0.39, 0.29) is 24.9 Å². The zero-order valence-corrected chi connectivity index (χ0v) is 17.5. The van der Waals surface area contributed by atoms with Crippen LogP contribution in [-0.2, 0) is 16.1 Å². The Labute approximate surface area is 186 Å². The van der Waals surface area contributed by atoms with Gasteiger partial charge in [0.15, 0.2) is 11.5 Å². The number of rotatable bonds is 7. The Morgan fingerprint density at radius 1 is 0.969 bits per heavy atom. The number of fused-ring (bicyclic) bond motifs is 1. The van der Waals surface area contributed by atoms with Gasteiger partial charge in [0.1, 0.15) is 12.3 Å². The highest BCUT2D eigenvalue weighted by molar-refractivity contribution is 5.98. The number of ether oxygens (including phenoxy) is 2. The second kappa shape index (κ2) is 10.3. The third-order valence-electron chi connectivity index (χ3n) is 4.82. The Morgan fingerprint density at radius 3 is 2.56 bits per heavy atom. The van der Waals surface area contributed by atoms with Gasteiger partial charge in [-0.15, -0.1) is 0 Å². The summed E-state index contributed by atoms with van der Waals surface area (Å²) in [6.07, 6.45) is 5.50. The van der Waals surface area contributed by atoms with Gasteiger partial charge in [0.25, 0.3) is 0 Å². The standard InChI is InChI=1S/C25H24N2O5/c28-24(26-20-6-2-1-3-7-20)18-27(17-21-8-4-13-30-21)25(29)12-10-19-9-11-22-23(16-19)32-15-5-14-31-22/h1-4,6-13,16H,5,14-15,17-18H2,(H,26,28)/b12-10+. The molecule has 3 aromatic rings. The number of furan rings is 1. The molecule has 0 saturated carbocycles. The fourth-order valence-electron chi connectivity index (χ4n) is 3.25. The molecule has 2 heterocycles. The number of carbonyl (C=O) groups excluding carboxylic acids is 2. The Bertz CT molecular complexity index is 1080. The van der Waals surface area contributed by atoms with Crippen LogP contribution >= 0.6 is 0 Å². The maximum absolute atomic E-state index is 12.9. The quantitative estimate of drug-likeness (QED) is 0.568. The molecule has 1 aliphatic rings. The summed E-state index contributed by atoms with van der Waals surface area (Å²) in [5.41, 5.74) is 1.47. The summed E-state index contributed by atoms with van der Waals surface area (Å²) in [7, 11) is 0. The highest BCUT2D eigenvalue weighted by atomic mass is 16.5. The zero-order valence-electron chi connectivity index (χ0n) is 17.5. The predicted molar refractivity (Wildman–Crippen MR) is 120 cm³/mol. The molecular weight excluding hydrogens is 408 g/mol. The van der Waals surface area contributed by atoms with E-state index in [9.17, 15) is 9.59 Å². The molecule has 1 aliphatic heterocycles. The normalized spacial score (nSPS) is 12.9. The van der Waals surface area contributed by atoms with Crippen molar-refractivity contribution in [1.29, 1.82) is 0 Å². The highest BCUT2D eigenvalue weighted by Gasteiger charge is 2.17. The van der Waals surface area contributed by atoms with Gasteiger partial charge in [-0.25, -0.2) is 0 Å². The van der Waals surface area contributed by atoms with Crippen molar-refractivity contribution < 1.29 is 23.5 Å². The van der Waals surface area contributed by atoms with Gasteiger partial charge in [-0.1, -0.05) is 24.3 Å². The molecule has 32 heavy (non-hydrogen) atoms. The van der Waals surface area contributed by atoms with Gasteiger partial charge in [0.2, 0.25) is 11.8 Å². The van der Waals surface area contributed by atoms with Gasteiger partial charge in [0.05, 0.1) is 26.0 Å². The van der Waals surface area contributed by atoms with Gasteiger partial charge < -0.3 is 24.1 Å². The first-order valence-electron chi connectivity index (χ1n) is 10.4. The number of nitrogens with one attached hydrogen (secondary N) is 1. The SMILES string of the molecule is O=C(CN(Cc1ccco1)C(=O)/C=C/c1ccc2c(c1)OCCCO2)Nc1ccccc1. The summed E-state index contributed by atoms with van der Waals surface area (Å²) >= 11 is 0. The van der Waals surface area contributed by atoms with Crippen LogP contribution in [0.1, 0.15) is 17.7 Å². The van der Waals surface area contributed by atoms with E-state index in [0.717, 1.165) is 12.0 Å². The molecule has 0 atom stereocenters. The molecule has 2 amide bonds. The number of benzene rings is 2. The van der Waals surface area contributed by atoms with Crippen molar-refractivity contribution in [3.63, 3.8) is 0 Å². The average Bonchev–Trinajstić information content (AvgIpc) is 3.20. The van der Waals surface area contributed by atoms with E-state index in [2.05, 4.69) is 5.32 Å². The van der Waals surface area contributed by atoms with Crippen LogP contribution in [0.3, 0.4) is 0 Å². The molecular formula is C25H24N2O5. The molecule has 0 bridgehead atoms. The van der Waals surface area contributed by atoms with E-state index in [1.807, 2.05) is 36.4 Å². The zero-order chi connectivity index (χ0) is 22.2. The van der Waals surface area contributed by atoms with Crippen LogP contribution in [0, 0.1) is 0 Å². The summed E-state index contributed by atoms with van der Waals surface area (Å²) in [4.78, 5) is 26.9. The summed E-state index contributed by atoms with van der Waals surface area (Å²) in [5, 5.41) is 2.80. The van der Waals surface area contributed by atoms with E-state index >= 15 is 0 Å². The smallest absolute Gasteiger partial charge is 0.247 e. The minimum atomic E-state index is -0.309. The van der Waals surface area contributed by atoms with Crippen molar-refractivity contribution in [3.05, 3.63) is 84.3 Å². The lowest BCUT2D eigenvalue weighted by Crippen LogP contribution is -2.36. The molecule has 0 fully saturated rings. The fraction of sp³-hybridized carbons (Fsp3) is 0.200. The maximum Gasteiger partial charge on any atom is 0.247 e. The minimum Gasteiger partial charge on any atom is -0.490 e. The molecule has 0 aliphatic carbocycles. The van der Waals surface area contributed by atoms with Gasteiger partial charge in [-0.05, 0) is 48.0 Å². The lowest BCUT2D eigenvalue weighted by molar-refractivity contribution is -0.131. The summed E-state index contributed by atoms with van der Waals surface area (Å²) < 4.78 is 16.7. The highest BCUT2D eigenvalue weighted by Crippen LogP contribution is 2.30. The molecule has 7 heteroatoms. The largest absolute Gasteiger partial charge is 0.490 e. The van der Waals surface area contributed by atoms with E-state index in [4.69, 9.17) is 13.9 Å². The number of anilines is 1. The first-order chi connectivity index (χ1) is 15.7. The fourth-order valence-corrected chi connectivity index (χ4v) is 3.25. The molecule has 0 saturated heterocycles. The number of hydrogen-bond acceptors (Lipinski definition) is 5. The van der Waals surface area contributed by atoms with E-state index in [1.54, 1.807) is 30.3 Å². The first-order valence-corrected chi connectivity index (χ1v) is 10.4. The number of para-hydroxylation sites is 1. The molecule has 0 unspecified atom stereocenters. The second-order valence-electron chi connectivity index (χ2n) is 7.28. The van der Waals surface area contributed by atoms with Crippen LogP contribution in [0.4, 0.5) is 5.69 Å². The average molecular weight is 432 g/mol. The van der Waals surface area contributed by atoms with Gasteiger partial charge >= 0.3 is 0 Å². The topological polar surface area (TPSA) is 81.0 Å². The third kappa shape index (κ3) is 5.78. The number of nitrogens with zero attached hydrogens (tertiary/aromatic N) is 1. The van der Waals surface area contributed by atoms with Crippen molar-refractivity contribution in [2.45, 2.75) is 13.0 Å². The molecule has 0 spiro atoms. The summed E-state index contributed by atoms with van der Waals surface area (Å²) in [6, 6.07) is 18.2. The van der Waals surface area contributed by atoms with Gasteiger partial charge in [0, 0.05) is 18.2 Å². The second-order valence-corrected chi connectivity index (χ2v) is 7.28. The Kier molecular flexibility index (Phi) is 6.87. The number of amides is 2. The first kappa shape index (κ1) is 21.2. The van der Waals surface area contributed by atoms with Gasteiger partial charge in [-0.2, -0.15) is 0 Å². The maximum atomic E-state index is 12.9. The molecule has 7 nitrogen and oxygen atoms in total. The molecule has 1 N–H and O–H groups in total. The van der Waals surface area contributed by atoms with Crippen LogP contribution < -0.4 is 14.8 Å². The van der Waals surface area contributed by atoms with Crippen molar-refractivity contribution >= 4 is 23.6 Å². The molecule has 164 valence electrons. The summed E-state index contributed by atoms with van der Waals surface area (Å²) in [5.74, 6) is 1.35. The van der Waals surface area contributed by atoms with Crippen molar-refractivity contribution in [2.75, 3.05) is 25.1 Å².